The molecule has 5 heteroatoms. The molecule has 0 spiro atoms. The van der Waals surface area contributed by atoms with Crippen molar-refractivity contribution in [3.63, 3.8) is 0 Å². The first-order valence-electron chi connectivity index (χ1n) is 5.17. The van der Waals surface area contributed by atoms with E-state index in [9.17, 15) is 0 Å². The molecule has 2 heterocycles. The van der Waals surface area contributed by atoms with Crippen LogP contribution in [-0.2, 0) is 13.6 Å². The van der Waals surface area contributed by atoms with Crippen molar-refractivity contribution in [3.8, 4) is 0 Å². The number of aromatic nitrogens is 4. The molecule has 2 aromatic rings. The highest BCUT2D eigenvalue weighted by atomic mass is 15.1. The summed E-state index contributed by atoms with van der Waals surface area (Å²) in [4.78, 5) is 12.8. The van der Waals surface area contributed by atoms with Crippen LogP contribution < -0.4 is 5.32 Å². The Hall–Kier alpha value is -1.91. The van der Waals surface area contributed by atoms with Crippen LogP contribution in [-0.4, -0.2) is 19.5 Å². The zero-order chi connectivity index (χ0) is 11.5. The second-order valence-corrected chi connectivity index (χ2v) is 3.78. The zero-order valence-electron chi connectivity index (χ0n) is 9.73. The van der Waals surface area contributed by atoms with Crippen LogP contribution in [0, 0.1) is 13.8 Å². The first-order valence-corrected chi connectivity index (χ1v) is 5.17. The lowest BCUT2D eigenvalue weighted by Crippen LogP contribution is -2.09. The average molecular weight is 217 g/mol. The first kappa shape index (κ1) is 10.6. The minimum Gasteiger partial charge on any atom is -0.347 e. The summed E-state index contributed by atoms with van der Waals surface area (Å²) >= 11 is 0. The topological polar surface area (TPSA) is 55.6 Å². The van der Waals surface area contributed by atoms with Crippen LogP contribution in [0.1, 0.15) is 17.2 Å². The molecule has 0 aromatic carbocycles. The third kappa shape index (κ3) is 2.36. The van der Waals surface area contributed by atoms with Crippen LogP contribution in [0.3, 0.4) is 0 Å². The number of imidazole rings is 1. The van der Waals surface area contributed by atoms with Gasteiger partial charge in [0.05, 0.1) is 6.54 Å². The van der Waals surface area contributed by atoms with Crippen LogP contribution in [0.2, 0.25) is 0 Å². The standard InChI is InChI=1S/C11H15N5/c1-8-6-9(2)15-11(14-8)13-7-10-12-4-5-16(10)3/h4-6H,7H2,1-3H3,(H,13,14,15). The molecule has 0 saturated carbocycles. The molecule has 16 heavy (non-hydrogen) atoms. The van der Waals surface area contributed by atoms with Gasteiger partial charge >= 0.3 is 0 Å². The number of anilines is 1. The number of aryl methyl sites for hydroxylation is 3. The van der Waals surface area contributed by atoms with Gasteiger partial charge in [-0.2, -0.15) is 0 Å². The van der Waals surface area contributed by atoms with Gasteiger partial charge in [-0.25, -0.2) is 15.0 Å². The highest BCUT2D eigenvalue weighted by Gasteiger charge is 2.01. The number of rotatable bonds is 3. The van der Waals surface area contributed by atoms with Gasteiger partial charge in [0.2, 0.25) is 5.95 Å². The van der Waals surface area contributed by atoms with Crippen molar-refractivity contribution in [3.05, 3.63) is 35.7 Å². The molecule has 2 rings (SSSR count). The third-order valence-corrected chi connectivity index (χ3v) is 2.31. The summed E-state index contributed by atoms with van der Waals surface area (Å²) in [5.74, 6) is 1.61. The maximum atomic E-state index is 4.30. The number of nitrogens with one attached hydrogen (secondary N) is 1. The molecule has 0 aliphatic heterocycles. The molecule has 0 unspecified atom stereocenters. The largest absolute Gasteiger partial charge is 0.347 e. The van der Waals surface area contributed by atoms with Crippen LogP contribution in [0.25, 0.3) is 0 Å². The number of nitrogens with zero attached hydrogens (tertiary/aromatic N) is 4. The molecule has 0 aliphatic carbocycles. The van der Waals surface area contributed by atoms with E-state index in [1.165, 1.54) is 0 Å². The van der Waals surface area contributed by atoms with E-state index in [2.05, 4.69) is 20.3 Å². The predicted octanol–water partition coefficient (Wildman–Crippen LogP) is 1.44. The lowest BCUT2D eigenvalue weighted by molar-refractivity contribution is 0.806. The molecule has 0 aliphatic rings. The molecule has 5 nitrogen and oxygen atoms in total. The third-order valence-electron chi connectivity index (χ3n) is 2.31. The molecule has 0 bridgehead atoms. The second-order valence-electron chi connectivity index (χ2n) is 3.78. The van der Waals surface area contributed by atoms with Crippen molar-refractivity contribution >= 4 is 5.95 Å². The van der Waals surface area contributed by atoms with E-state index in [0.717, 1.165) is 17.2 Å². The number of hydrogen-bond donors (Lipinski definition) is 1. The molecule has 84 valence electrons. The monoisotopic (exact) mass is 217 g/mol. The molecule has 1 N–H and O–H groups in total. The van der Waals surface area contributed by atoms with Crippen molar-refractivity contribution in [1.82, 2.24) is 19.5 Å². The molecule has 0 radical (unpaired) electrons. The molecular formula is C11H15N5. The normalized spacial score (nSPS) is 10.4. The molecule has 0 saturated heterocycles. The van der Waals surface area contributed by atoms with Gasteiger partial charge in [0.15, 0.2) is 0 Å². The van der Waals surface area contributed by atoms with Gasteiger partial charge in [-0.15, -0.1) is 0 Å². The van der Waals surface area contributed by atoms with E-state index in [4.69, 9.17) is 0 Å². The summed E-state index contributed by atoms with van der Waals surface area (Å²) in [5.41, 5.74) is 1.93. The Bertz CT molecular complexity index is 469. The van der Waals surface area contributed by atoms with Gasteiger partial charge in [-0.3, -0.25) is 0 Å². The molecule has 0 amide bonds. The lowest BCUT2D eigenvalue weighted by Gasteiger charge is -2.06. The van der Waals surface area contributed by atoms with Crippen molar-refractivity contribution in [2.75, 3.05) is 5.32 Å². The summed E-state index contributed by atoms with van der Waals surface area (Å²) in [6.07, 6.45) is 3.69. The van der Waals surface area contributed by atoms with Gasteiger partial charge < -0.3 is 9.88 Å². The summed E-state index contributed by atoms with van der Waals surface area (Å²) in [6, 6.07) is 1.95. The summed E-state index contributed by atoms with van der Waals surface area (Å²) in [7, 11) is 1.96. The Morgan fingerprint density at radius 3 is 2.50 bits per heavy atom. The minimum atomic E-state index is 0.631. The van der Waals surface area contributed by atoms with E-state index in [-0.39, 0.29) is 0 Å². The first-order chi connectivity index (χ1) is 7.65. The molecule has 0 fully saturated rings. The van der Waals surface area contributed by atoms with E-state index >= 15 is 0 Å². The van der Waals surface area contributed by atoms with E-state index in [1.807, 2.05) is 37.7 Å². The van der Waals surface area contributed by atoms with Crippen LogP contribution >= 0.6 is 0 Å². The van der Waals surface area contributed by atoms with E-state index in [1.54, 1.807) is 6.20 Å². The quantitative estimate of drug-likeness (QED) is 0.845. The Morgan fingerprint density at radius 1 is 1.25 bits per heavy atom. The Labute approximate surface area is 94.6 Å². The van der Waals surface area contributed by atoms with Crippen molar-refractivity contribution in [2.45, 2.75) is 20.4 Å². The van der Waals surface area contributed by atoms with Crippen molar-refractivity contribution in [2.24, 2.45) is 7.05 Å². The Kier molecular flexibility index (Phi) is 2.85. The smallest absolute Gasteiger partial charge is 0.223 e. The van der Waals surface area contributed by atoms with Crippen molar-refractivity contribution in [1.29, 1.82) is 0 Å². The second kappa shape index (κ2) is 4.30. The highest BCUT2D eigenvalue weighted by Crippen LogP contribution is 2.05. The van der Waals surface area contributed by atoms with Gasteiger partial charge in [-0.05, 0) is 19.9 Å². The van der Waals surface area contributed by atoms with E-state index in [0.29, 0.717) is 12.5 Å². The Morgan fingerprint density at radius 2 is 1.94 bits per heavy atom. The van der Waals surface area contributed by atoms with Gasteiger partial charge in [-0.1, -0.05) is 0 Å². The maximum absolute atomic E-state index is 4.30. The summed E-state index contributed by atoms with van der Waals surface area (Å²) < 4.78 is 1.97. The highest BCUT2D eigenvalue weighted by molar-refractivity contribution is 5.27. The van der Waals surface area contributed by atoms with Crippen LogP contribution in [0.15, 0.2) is 18.5 Å². The molecule has 2 aromatic heterocycles. The van der Waals surface area contributed by atoms with Crippen LogP contribution in [0.5, 0.6) is 0 Å². The summed E-state index contributed by atoms with van der Waals surface area (Å²) in [6.45, 7) is 4.55. The fourth-order valence-electron chi connectivity index (χ4n) is 1.53. The molecule has 0 atom stereocenters. The van der Waals surface area contributed by atoms with Crippen molar-refractivity contribution < 1.29 is 0 Å². The predicted molar refractivity (Wildman–Crippen MR) is 62.0 cm³/mol. The van der Waals surface area contributed by atoms with Gasteiger partial charge in [0, 0.05) is 30.8 Å². The maximum Gasteiger partial charge on any atom is 0.223 e. The van der Waals surface area contributed by atoms with Gasteiger partial charge in [0.25, 0.3) is 0 Å². The fraction of sp³-hybridized carbons (Fsp3) is 0.364. The summed E-state index contributed by atoms with van der Waals surface area (Å²) in [5, 5.41) is 3.16. The average Bonchev–Trinajstić information content (AvgIpc) is 2.59. The zero-order valence-corrected chi connectivity index (χ0v) is 9.73. The van der Waals surface area contributed by atoms with Crippen LogP contribution in [0.4, 0.5) is 5.95 Å². The number of hydrogen-bond acceptors (Lipinski definition) is 4. The fourth-order valence-corrected chi connectivity index (χ4v) is 1.53. The van der Waals surface area contributed by atoms with Gasteiger partial charge in [0.1, 0.15) is 5.82 Å². The lowest BCUT2D eigenvalue weighted by atomic mass is 10.4. The van der Waals surface area contributed by atoms with E-state index < -0.39 is 0 Å². The molecular weight excluding hydrogens is 202 g/mol. The minimum absolute atomic E-state index is 0.631. The SMILES string of the molecule is Cc1cc(C)nc(NCc2nccn2C)n1. The Balaban J connectivity index is 2.07.